The molecule has 0 aliphatic rings. The molecule has 3 aromatic rings. The number of rotatable bonds is 5. The summed E-state index contributed by atoms with van der Waals surface area (Å²) in [5.74, 6) is -0.709. The van der Waals surface area contributed by atoms with Gasteiger partial charge in [0.15, 0.2) is 17.5 Å². The van der Waals surface area contributed by atoms with E-state index < -0.39 is 5.82 Å². The molecule has 0 saturated heterocycles. The van der Waals surface area contributed by atoms with Gasteiger partial charge in [0, 0.05) is 37.2 Å². The van der Waals surface area contributed by atoms with Gasteiger partial charge in [-0.3, -0.25) is 4.99 Å². The van der Waals surface area contributed by atoms with Crippen molar-refractivity contribution in [1.29, 1.82) is 0 Å². The first-order chi connectivity index (χ1) is 12.6. The van der Waals surface area contributed by atoms with Crippen molar-refractivity contribution in [3.8, 4) is 5.75 Å². The number of aromatic nitrogens is 1. The van der Waals surface area contributed by atoms with Crippen LogP contribution in [0.25, 0.3) is 10.9 Å². The largest absolute Gasteiger partial charge is 0.505 e. The van der Waals surface area contributed by atoms with Gasteiger partial charge in [-0.05, 0) is 47.9 Å². The summed E-state index contributed by atoms with van der Waals surface area (Å²) in [6.45, 7) is 0.974. The second kappa shape index (κ2) is 9.54. The van der Waals surface area contributed by atoms with Crippen molar-refractivity contribution in [3.05, 3.63) is 65.4 Å². The zero-order valence-electron chi connectivity index (χ0n) is 14.7. The number of nitrogens with one attached hydrogen (secondary N) is 3. The summed E-state index contributed by atoms with van der Waals surface area (Å²) < 4.78 is 26.8. The summed E-state index contributed by atoms with van der Waals surface area (Å²) >= 11 is 0. The lowest BCUT2D eigenvalue weighted by Gasteiger charge is -2.12. The van der Waals surface area contributed by atoms with Gasteiger partial charge in [-0.2, -0.15) is 0 Å². The van der Waals surface area contributed by atoms with Gasteiger partial charge in [-0.15, -0.1) is 24.0 Å². The van der Waals surface area contributed by atoms with Crippen LogP contribution in [0.4, 0.5) is 8.78 Å². The molecular formula is C19H21F2IN4O. The van der Waals surface area contributed by atoms with Crippen molar-refractivity contribution < 1.29 is 13.9 Å². The van der Waals surface area contributed by atoms with Crippen LogP contribution in [-0.4, -0.2) is 29.6 Å². The third kappa shape index (κ3) is 5.31. The fraction of sp³-hybridized carbons (Fsp3) is 0.211. The lowest BCUT2D eigenvalue weighted by atomic mass is 10.1. The maximum atomic E-state index is 13.4. The number of nitrogens with zero attached hydrogens (tertiary/aromatic N) is 1. The lowest BCUT2D eigenvalue weighted by Crippen LogP contribution is -2.37. The summed E-state index contributed by atoms with van der Waals surface area (Å²) in [4.78, 5) is 7.25. The molecule has 27 heavy (non-hydrogen) atoms. The minimum absolute atomic E-state index is 0. The highest BCUT2D eigenvalue weighted by atomic mass is 127. The van der Waals surface area contributed by atoms with E-state index in [0.717, 1.165) is 16.5 Å². The van der Waals surface area contributed by atoms with Gasteiger partial charge in [0.05, 0.1) is 0 Å². The quantitative estimate of drug-likeness (QED) is 0.253. The van der Waals surface area contributed by atoms with Crippen molar-refractivity contribution in [3.63, 3.8) is 0 Å². The minimum atomic E-state index is -0.654. The monoisotopic (exact) mass is 486 g/mol. The van der Waals surface area contributed by atoms with E-state index in [1.54, 1.807) is 19.2 Å². The molecule has 0 radical (unpaired) electrons. The average Bonchev–Trinajstić information content (AvgIpc) is 3.03. The van der Waals surface area contributed by atoms with Crippen LogP contribution >= 0.6 is 24.0 Å². The van der Waals surface area contributed by atoms with E-state index >= 15 is 0 Å². The van der Waals surface area contributed by atoms with Crippen LogP contribution in [0, 0.1) is 11.6 Å². The molecule has 0 unspecified atom stereocenters. The number of aromatic amines is 1. The van der Waals surface area contributed by atoms with Crippen LogP contribution in [0.5, 0.6) is 5.75 Å². The predicted octanol–water partition coefficient (Wildman–Crippen LogP) is 3.68. The summed E-state index contributed by atoms with van der Waals surface area (Å²) in [6, 6.07) is 8.90. The van der Waals surface area contributed by atoms with Crippen molar-refractivity contribution in [2.24, 2.45) is 4.99 Å². The second-order valence-corrected chi connectivity index (χ2v) is 5.89. The summed E-state index contributed by atoms with van der Waals surface area (Å²) in [5.41, 5.74) is 2.61. The van der Waals surface area contributed by atoms with Crippen LogP contribution in [0.2, 0.25) is 0 Å². The Hall–Kier alpha value is -2.36. The molecule has 0 aliphatic carbocycles. The molecule has 0 bridgehead atoms. The van der Waals surface area contributed by atoms with Crippen LogP contribution in [0.15, 0.2) is 47.6 Å². The molecule has 8 heteroatoms. The zero-order chi connectivity index (χ0) is 18.5. The number of halogens is 3. The van der Waals surface area contributed by atoms with Gasteiger partial charge in [0.25, 0.3) is 0 Å². The van der Waals surface area contributed by atoms with Crippen LogP contribution in [0.3, 0.4) is 0 Å². The Morgan fingerprint density at radius 3 is 2.70 bits per heavy atom. The molecule has 144 valence electrons. The number of fused-ring (bicyclic) bond motifs is 1. The van der Waals surface area contributed by atoms with E-state index in [1.165, 1.54) is 24.3 Å². The van der Waals surface area contributed by atoms with Crippen molar-refractivity contribution in [1.82, 2.24) is 15.6 Å². The Kier molecular flexibility index (Phi) is 7.40. The van der Waals surface area contributed by atoms with Gasteiger partial charge in [0.1, 0.15) is 5.82 Å². The van der Waals surface area contributed by atoms with Gasteiger partial charge in [-0.1, -0.05) is 6.07 Å². The van der Waals surface area contributed by atoms with Crippen molar-refractivity contribution in [2.75, 3.05) is 13.6 Å². The first-order valence-electron chi connectivity index (χ1n) is 8.24. The summed E-state index contributed by atoms with van der Waals surface area (Å²) in [5, 5.41) is 16.3. The normalized spacial score (nSPS) is 11.3. The number of phenols is 1. The van der Waals surface area contributed by atoms with Gasteiger partial charge < -0.3 is 20.7 Å². The molecule has 3 rings (SSSR count). The summed E-state index contributed by atoms with van der Waals surface area (Å²) in [6.07, 6.45) is 2.57. The van der Waals surface area contributed by atoms with Crippen molar-refractivity contribution >= 4 is 40.8 Å². The van der Waals surface area contributed by atoms with E-state index in [2.05, 4.69) is 20.6 Å². The number of hydrogen-bond donors (Lipinski definition) is 4. The Labute approximate surface area is 172 Å². The Morgan fingerprint density at radius 2 is 1.96 bits per heavy atom. The Balaban J connectivity index is 0.00000261. The molecular weight excluding hydrogens is 465 g/mol. The number of aromatic hydroxyl groups is 1. The zero-order valence-corrected chi connectivity index (χ0v) is 17.1. The third-order valence-corrected chi connectivity index (χ3v) is 4.11. The molecule has 1 aromatic heterocycles. The fourth-order valence-electron chi connectivity index (χ4n) is 2.74. The van der Waals surface area contributed by atoms with E-state index in [1.807, 2.05) is 6.20 Å². The third-order valence-electron chi connectivity index (χ3n) is 4.11. The highest BCUT2D eigenvalue weighted by Crippen LogP contribution is 2.19. The molecule has 0 amide bonds. The number of guanidine groups is 1. The van der Waals surface area contributed by atoms with Crippen LogP contribution in [0.1, 0.15) is 11.1 Å². The van der Waals surface area contributed by atoms with Crippen molar-refractivity contribution in [2.45, 2.75) is 13.0 Å². The standard InChI is InChI=1S/C19H20F2N4O.HI/c1-22-19(25-10-12-2-5-18(26)16(21)8-12)23-7-6-13-11-24-17-4-3-14(20)9-15(13)17;/h2-5,8-9,11,24,26H,6-7,10H2,1H3,(H2,22,23,25);1H. The highest BCUT2D eigenvalue weighted by molar-refractivity contribution is 14.0. The maximum absolute atomic E-state index is 13.4. The second-order valence-electron chi connectivity index (χ2n) is 5.89. The lowest BCUT2D eigenvalue weighted by molar-refractivity contribution is 0.431. The number of hydrogen-bond acceptors (Lipinski definition) is 2. The number of phenolic OH excluding ortho intramolecular Hbond substituents is 1. The van der Waals surface area contributed by atoms with Gasteiger partial charge in [0.2, 0.25) is 0 Å². The number of benzene rings is 2. The molecule has 5 nitrogen and oxygen atoms in total. The molecule has 0 aliphatic heterocycles. The maximum Gasteiger partial charge on any atom is 0.191 e. The number of aliphatic imine (C=N–C) groups is 1. The molecule has 0 saturated carbocycles. The molecule has 4 N–H and O–H groups in total. The molecule has 1 heterocycles. The minimum Gasteiger partial charge on any atom is -0.505 e. The molecule has 2 aromatic carbocycles. The van der Waals surface area contributed by atoms with E-state index in [0.29, 0.717) is 31.0 Å². The van der Waals surface area contributed by atoms with E-state index in [-0.39, 0.29) is 35.5 Å². The first-order valence-corrected chi connectivity index (χ1v) is 8.24. The van der Waals surface area contributed by atoms with E-state index in [9.17, 15) is 13.9 Å². The molecule has 0 atom stereocenters. The molecule has 0 fully saturated rings. The van der Waals surface area contributed by atoms with Crippen LogP contribution < -0.4 is 10.6 Å². The fourth-order valence-corrected chi connectivity index (χ4v) is 2.74. The predicted molar refractivity (Wildman–Crippen MR) is 114 cm³/mol. The first kappa shape index (κ1) is 20.9. The Morgan fingerprint density at radius 1 is 1.15 bits per heavy atom. The number of H-pyrrole nitrogens is 1. The SMILES string of the molecule is CN=C(NCCc1c[nH]c2ccc(F)cc12)NCc1ccc(O)c(F)c1.I. The van der Waals surface area contributed by atoms with Gasteiger partial charge >= 0.3 is 0 Å². The smallest absolute Gasteiger partial charge is 0.191 e. The summed E-state index contributed by atoms with van der Waals surface area (Å²) in [7, 11) is 1.65. The molecule has 0 spiro atoms. The van der Waals surface area contributed by atoms with Crippen LogP contribution in [-0.2, 0) is 13.0 Å². The highest BCUT2D eigenvalue weighted by Gasteiger charge is 2.06. The topological polar surface area (TPSA) is 72.4 Å². The Bertz CT molecular complexity index is 943. The van der Waals surface area contributed by atoms with Gasteiger partial charge in [-0.25, -0.2) is 8.78 Å². The average molecular weight is 486 g/mol. The van der Waals surface area contributed by atoms with E-state index in [4.69, 9.17) is 0 Å².